The van der Waals surface area contributed by atoms with Gasteiger partial charge in [-0.2, -0.15) is 0 Å². The molecule has 7 nitrogen and oxygen atoms in total. The van der Waals surface area contributed by atoms with Crippen molar-refractivity contribution in [1.29, 1.82) is 0 Å². The highest BCUT2D eigenvalue weighted by atomic mass is 16.6. The van der Waals surface area contributed by atoms with Crippen LogP contribution in [0.15, 0.2) is 24.3 Å². The number of methoxy groups -OCH3 is 1. The number of hydrogen-bond acceptors (Lipinski definition) is 5. The Labute approximate surface area is 152 Å². The van der Waals surface area contributed by atoms with Gasteiger partial charge in [0.15, 0.2) is 0 Å². The van der Waals surface area contributed by atoms with Crippen LogP contribution in [-0.2, 0) is 20.6 Å². The Bertz CT molecular complexity index is 787. The normalized spacial score (nSPS) is 11.7. The number of aromatic nitrogens is 1. The number of ether oxygens (including phenoxy) is 3. The molecule has 0 fully saturated rings. The Balaban J connectivity index is 2.27. The topological polar surface area (TPSA) is 87.0 Å². The summed E-state index contributed by atoms with van der Waals surface area (Å²) in [7, 11) is 1.62. The maximum Gasteiger partial charge on any atom is 0.419 e. The minimum atomic E-state index is -1.18. The van der Waals surface area contributed by atoms with Crippen molar-refractivity contribution in [2.75, 3.05) is 26.9 Å². The van der Waals surface area contributed by atoms with Crippen molar-refractivity contribution in [1.82, 2.24) is 4.57 Å². The van der Waals surface area contributed by atoms with Gasteiger partial charge in [-0.05, 0) is 51.0 Å². The number of carboxylic acids is 1. The van der Waals surface area contributed by atoms with Crippen LogP contribution in [0.2, 0.25) is 0 Å². The van der Waals surface area contributed by atoms with Crippen LogP contribution in [0.25, 0.3) is 10.9 Å². The first kappa shape index (κ1) is 19.9. The zero-order chi connectivity index (χ0) is 19.3. The van der Waals surface area contributed by atoms with Crippen molar-refractivity contribution in [2.45, 2.75) is 32.8 Å². The Morgan fingerprint density at radius 3 is 2.46 bits per heavy atom. The third-order valence-corrected chi connectivity index (χ3v) is 3.63. The van der Waals surface area contributed by atoms with Gasteiger partial charge in [0.05, 0.1) is 25.3 Å². The van der Waals surface area contributed by atoms with Crippen LogP contribution in [0.1, 0.15) is 36.8 Å². The highest BCUT2D eigenvalue weighted by molar-refractivity contribution is 6.01. The van der Waals surface area contributed by atoms with E-state index in [1.54, 1.807) is 33.9 Å². The van der Waals surface area contributed by atoms with Crippen LogP contribution in [0.5, 0.6) is 0 Å². The molecule has 0 radical (unpaired) electrons. The first-order chi connectivity index (χ1) is 12.2. The molecule has 0 saturated heterocycles. The predicted octanol–water partition coefficient (Wildman–Crippen LogP) is 3.33. The van der Waals surface area contributed by atoms with Crippen molar-refractivity contribution in [2.24, 2.45) is 0 Å². The van der Waals surface area contributed by atoms with Crippen LogP contribution < -0.4 is 0 Å². The molecule has 1 aromatic heterocycles. The van der Waals surface area contributed by atoms with Gasteiger partial charge in [0.1, 0.15) is 11.3 Å². The molecule has 7 heteroatoms. The number of nitrogens with zero attached hydrogens (tertiary/aromatic N) is 1. The lowest BCUT2D eigenvalue weighted by atomic mass is 10.1. The predicted molar refractivity (Wildman–Crippen MR) is 96.9 cm³/mol. The summed E-state index contributed by atoms with van der Waals surface area (Å²) in [6, 6.07) is 6.93. The summed E-state index contributed by atoms with van der Waals surface area (Å²) in [5.41, 5.74) is 0.653. The summed E-state index contributed by atoms with van der Waals surface area (Å²) in [6.45, 7) is 6.81. The summed E-state index contributed by atoms with van der Waals surface area (Å²) < 4.78 is 16.8. The van der Waals surface area contributed by atoms with E-state index < -0.39 is 17.7 Å². The molecule has 1 heterocycles. The van der Waals surface area contributed by atoms with E-state index in [-0.39, 0.29) is 5.69 Å². The lowest BCUT2D eigenvalue weighted by Gasteiger charge is -2.20. The van der Waals surface area contributed by atoms with E-state index in [0.29, 0.717) is 37.1 Å². The van der Waals surface area contributed by atoms with Gasteiger partial charge < -0.3 is 19.3 Å². The summed E-state index contributed by atoms with van der Waals surface area (Å²) >= 11 is 0. The molecule has 2 aromatic rings. The summed E-state index contributed by atoms with van der Waals surface area (Å²) in [5, 5.41) is 10.1. The lowest BCUT2D eigenvalue weighted by Crippen LogP contribution is -2.28. The zero-order valence-electron chi connectivity index (χ0n) is 15.6. The van der Waals surface area contributed by atoms with E-state index >= 15 is 0 Å². The Morgan fingerprint density at radius 2 is 1.85 bits per heavy atom. The Hall–Kier alpha value is -2.38. The number of fused-ring (bicyclic) bond motifs is 1. The van der Waals surface area contributed by atoms with Gasteiger partial charge in [-0.3, -0.25) is 0 Å². The van der Waals surface area contributed by atoms with E-state index in [9.17, 15) is 14.7 Å². The van der Waals surface area contributed by atoms with Crippen LogP contribution >= 0.6 is 0 Å². The molecular weight excluding hydrogens is 338 g/mol. The lowest BCUT2D eigenvalue weighted by molar-refractivity contribution is 0.0513. The molecular formula is C19H25NO6. The highest BCUT2D eigenvalue weighted by Gasteiger charge is 2.24. The van der Waals surface area contributed by atoms with E-state index in [2.05, 4.69) is 0 Å². The molecule has 0 spiro atoms. The number of carbonyl (C=O) groups excluding carboxylic acids is 1. The first-order valence-electron chi connectivity index (χ1n) is 8.40. The standard InChI is InChI=1S/C19H25NO6/c1-19(2,3)26-18(23)20-15-6-5-13(7-8-25-10-9-24-4)11-14(15)12-16(20)17(21)22/h5-6,11-12H,7-10H2,1-4H3,(H,21,22). The second kappa shape index (κ2) is 8.33. The van der Waals surface area contributed by atoms with Crippen molar-refractivity contribution in [3.8, 4) is 0 Å². The quantitative estimate of drug-likeness (QED) is 0.759. The third kappa shape index (κ3) is 5.06. The van der Waals surface area contributed by atoms with E-state index in [0.717, 1.165) is 10.1 Å². The van der Waals surface area contributed by atoms with Gasteiger partial charge in [0.2, 0.25) is 0 Å². The molecule has 142 valence electrons. The van der Waals surface area contributed by atoms with Crippen LogP contribution in [-0.4, -0.2) is 54.3 Å². The maximum absolute atomic E-state index is 12.5. The van der Waals surface area contributed by atoms with Gasteiger partial charge in [-0.15, -0.1) is 0 Å². The number of carboxylic acid groups (broad SMARTS) is 1. The fourth-order valence-corrected chi connectivity index (χ4v) is 2.52. The van der Waals surface area contributed by atoms with Gasteiger partial charge in [0.25, 0.3) is 0 Å². The SMILES string of the molecule is COCCOCCc1ccc2c(c1)cc(C(=O)O)n2C(=O)OC(C)(C)C. The number of hydrogen-bond donors (Lipinski definition) is 1. The number of carbonyl (C=O) groups is 2. The second-order valence-electron chi connectivity index (χ2n) is 6.90. The largest absolute Gasteiger partial charge is 0.477 e. The second-order valence-corrected chi connectivity index (χ2v) is 6.90. The zero-order valence-corrected chi connectivity index (χ0v) is 15.6. The molecule has 0 unspecified atom stereocenters. The molecule has 26 heavy (non-hydrogen) atoms. The minimum Gasteiger partial charge on any atom is -0.477 e. The Kier molecular flexibility index (Phi) is 6.39. The minimum absolute atomic E-state index is 0.122. The summed E-state index contributed by atoms with van der Waals surface area (Å²) in [6.07, 6.45) is -0.0276. The summed E-state index contributed by atoms with van der Waals surface area (Å²) in [5.74, 6) is -1.18. The number of rotatable bonds is 7. The average Bonchev–Trinajstić information content (AvgIpc) is 2.92. The van der Waals surface area contributed by atoms with E-state index in [1.807, 2.05) is 12.1 Å². The molecule has 0 amide bonds. The first-order valence-corrected chi connectivity index (χ1v) is 8.40. The van der Waals surface area contributed by atoms with E-state index in [4.69, 9.17) is 14.2 Å². The van der Waals surface area contributed by atoms with Gasteiger partial charge in [0, 0.05) is 12.5 Å². The third-order valence-electron chi connectivity index (χ3n) is 3.63. The number of benzene rings is 1. The average molecular weight is 363 g/mol. The number of aromatic carboxylic acids is 1. The highest BCUT2D eigenvalue weighted by Crippen LogP contribution is 2.23. The molecule has 1 N–H and O–H groups in total. The fraction of sp³-hybridized carbons (Fsp3) is 0.474. The van der Waals surface area contributed by atoms with E-state index in [1.165, 1.54) is 6.07 Å². The van der Waals surface area contributed by atoms with Crippen molar-refractivity contribution in [3.63, 3.8) is 0 Å². The maximum atomic E-state index is 12.5. The van der Waals surface area contributed by atoms with Crippen molar-refractivity contribution in [3.05, 3.63) is 35.5 Å². The van der Waals surface area contributed by atoms with Gasteiger partial charge >= 0.3 is 12.1 Å². The molecule has 0 aliphatic rings. The molecule has 0 saturated carbocycles. The van der Waals surface area contributed by atoms with Crippen LogP contribution in [0, 0.1) is 0 Å². The monoisotopic (exact) mass is 363 g/mol. The fourth-order valence-electron chi connectivity index (χ4n) is 2.52. The van der Waals surface area contributed by atoms with Crippen molar-refractivity contribution >= 4 is 23.0 Å². The van der Waals surface area contributed by atoms with Gasteiger partial charge in [-0.25, -0.2) is 14.2 Å². The van der Waals surface area contributed by atoms with Crippen LogP contribution in [0.4, 0.5) is 4.79 Å². The molecule has 0 aliphatic heterocycles. The molecule has 0 aliphatic carbocycles. The smallest absolute Gasteiger partial charge is 0.419 e. The molecule has 1 aromatic carbocycles. The van der Waals surface area contributed by atoms with Crippen LogP contribution in [0.3, 0.4) is 0 Å². The molecule has 0 atom stereocenters. The summed E-state index contributed by atoms with van der Waals surface area (Å²) in [4.78, 5) is 24.0. The van der Waals surface area contributed by atoms with Gasteiger partial charge in [-0.1, -0.05) is 6.07 Å². The molecule has 2 rings (SSSR count). The Morgan fingerprint density at radius 1 is 1.12 bits per heavy atom. The molecule has 0 bridgehead atoms. The van der Waals surface area contributed by atoms with Crippen molar-refractivity contribution < 1.29 is 28.9 Å².